The number of hydrogen-bond donors (Lipinski definition) is 0. The van der Waals surface area contributed by atoms with Crippen LogP contribution in [-0.4, -0.2) is 18.1 Å². The molecule has 4 rings (SSSR count). The van der Waals surface area contributed by atoms with Crippen molar-refractivity contribution in [3.63, 3.8) is 0 Å². The zero-order valence-electron chi connectivity index (χ0n) is 15.1. The van der Waals surface area contributed by atoms with Gasteiger partial charge in [-0.3, -0.25) is 10.1 Å². The number of benzene rings is 2. The van der Waals surface area contributed by atoms with Crippen molar-refractivity contribution in [3.8, 4) is 5.75 Å². The third-order valence-electron chi connectivity index (χ3n) is 5.85. The van der Waals surface area contributed by atoms with Crippen LogP contribution in [-0.2, 0) is 13.0 Å². The fraction of sp³-hybridized carbons (Fsp3) is 0.429. The maximum absolute atomic E-state index is 11.2. The van der Waals surface area contributed by atoms with E-state index < -0.39 is 0 Å². The van der Waals surface area contributed by atoms with Gasteiger partial charge in [0.15, 0.2) is 0 Å². The first-order valence-electron chi connectivity index (χ1n) is 9.32. The number of nitro groups is 1. The van der Waals surface area contributed by atoms with Crippen LogP contribution in [0.1, 0.15) is 36.8 Å². The zero-order valence-corrected chi connectivity index (χ0v) is 15.1. The normalized spacial score (nSPS) is 21.7. The Balaban J connectivity index is 1.69. The van der Waals surface area contributed by atoms with E-state index in [-0.39, 0.29) is 10.6 Å². The van der Waals surface area contributed by atoms with Crippen LogP contribution >= 0.6 is 0 Å². The highest BCUT2D eigenvalue weighted by atomic mass is 16.6. The standard InChI is InChI=1S/C21H24N2O3/c1-26-19-9-6-15(7-10-19)14-22-20-5-3-2-4-16(20)12-17-13-18(23(24)25)8-11-21(17)22/h6-11,13,16,20H,2-5,12,14H2,1H3/t16-,20-/m1/s1. The summed E-state index contributed by atoms with van der Waals surface area (Å²) >= 11 is 0. The molecule has 0 N–H and O–H groups in total. The van der Waals surface area contributed by atoms with Crippen LogP contribution in [0.15, 0.2) is 42.5 Å². The van der Waals surface area contributed by atoms with Crippen LogP contribution in [0.25, 0.3) is 0 Å². The van der Waals surface area contributed by atoms with E-state index in [2.05, 4.69) is 17.0 Å². The van der Waals surface area contributed by atoms with Gasteiger partial charge in [-0.15, -0.1) is 0 Å². The molecule has 1 aliphatic heterocycles. The lowest BCUT2D eigenvalue weighted by Crippen LogP contribution is -2.46. The van der Waals surface area contributed by atoms with Gasteiger partial charge in [0.05, 0.1) is 12.0 Å². The molecular weight excluding hydrogens is 328 g/mol. The largest absolute Gasteiger partial charge is 0.497 e. The molecule has 5 nitrogen and oxygen atoms in total. The van der Waals surface area contributed by atoms with Crippen LogP contribution in [0.5, 0.6) is 5.75 Å². The first-order chi connectivity index (χ1) is 12.7. The summed E-state index contributed by atoms with van der Waals surface area (Å²) in [4.78, 5) is 13.4. The molecule has 1 aliphatic carbocycles. The lowest BCUT2D eigenvalue weighted by Gasteiger charge is -2.46. The molecule has 2 aliphatic rings. The molecule has 0 bridgehead atoms. The molecule has 136 valence electrons. The number of nitro benzene ring substituents is 1. The Kier molecular flexibility index (Phi) is 4.53. The summed E-state index contributed by atoms with van der Waals surface area (Å²) in [5.74, 6) is 1.45. The van der Waals surface area contributed by atoms with Crippen molar-refractivity contribution in [1.29, 1.82) is 0 Å². The fourth-order valence-electron chi connectivity index (χ4n) is 4.56. The molecule has 1 heterocycles. The SMILES string of the molecule is COc1ccc(CN2c3ccc([N+](=O)[O-])cc3C[C@H]3CCCC[C@H]32)cc1. The number of anilines is 1. The van der Waals surface area contributed by atoms with Crippen molar-refractivity contribution < 1.29 is 9.66 Å². The lowest BCUT2D eigenvalue weighted by molar-refractivity contribution is -0.384. The Morgan fingerprint density at radius 2 is 1.92 bits per heavy atom. The van der Waals surface area contributed by atoms with Gasteiger partial charge in [-0.05, 0) is 54.5 Å². The van der Waals surface area contributed by atoms with Crippen LogP contribution in [0, 0.1) is 16.0 Å². The van der Waals surface area contributed by atoms with Gasteiger partial charge in [0, 0.05) is 30.4 Å². The number of nitrogens with zero attached hydrogens (tertiary/aromatic N) is 2. The number of methoxy groups -OCH3 is 1. The summed E-state index contributed by atoms with van der Waals surface area (Å²) in [5, 5.41) is 11.2. The van der Waals surface area contributed by atoms with Crippen LogP contribution < -0.4 is 9.64 Å². The molecule has 0 unspecified atom stereocenters. The van der Waals surface area contributed by atoms with Crippen molar-refractivity contribution in [3.05, 3.63) is 63.7 Å². The van der Waals surface area contributed by atoms with Gasteiger partial charge in [-0.2, -0.15) is 0 Å². The molecule has 0 aromatic heterocycles. The Morgan fingerprint density at radius 1 is 1.15 bits per heavy atom. The predicted octanol–water partition coefficient (Wildman–Crippen LogP) is 4.72. The Hall–Kier alpha value is -2.56. The number of fused-ring (bicyclic) bond motifs is 2. The van der Waals surface area contributed by atoms with Crippen LogP contribution in [0.4, 0.5) is 11.4 Å². The topological polar surface area (TPSA) is 55.6 Å². The monoisotopic (exact) mass is 352 g/mol. The first kappa shape index (κ1) is 16.9. The number of ether oxygens (including phenoxy) is 1. The molecule has 0 spiro atoms. The van der Waals surface area contributed by atoms with Gasteiger partial charge in [-0.25, -0.2) is 0 Å². The van der Waals surface area contributed by atoms with Crippen molar-refractivity contribution in [2.75, 3.05) is 12.0 Å². The minimum absolute atomic E-state index is 0.197. The number of hydrogen-bond acceptors (Lipinski definition) is 4. The van der Waals surface area contributed by atoms with Gasteiger partial charge in [0.1, 0.15) is 5.75 Å². The molecule has 2 aromatic rings. The summed E-state index contributed by atoms with van der Waals surface area (Å²) in [6.45, 7) is 0.829. The average Bonchev–Trinajstić information content (AvgIpc) is 2.67. The first-order valence-corrected chi connectivity index (χ1v) is 9.32. The minimum Gasteiger partial charge on any atom is -0.497 e. The van der Waals surface area contributed by atoms with E-state index in [1.165, 1.54) is 31.2 Å². The van der Waals surface area contributed by atoms with E-state index in [4.69, 9.17) is 4.74 Å². The Bertz CT molecular complexity index is 803. The molecule has 2 atom stereocenters. The maximum atomic E-state index is 11.2. The Morgan fingerprint density at radius 3 is 2.65 bits per heavy atom. The third-order valence-corrected chi connectivity index (χ3v) is 5.85. The number of non-ortho nitro benzene ring substituents is 1. The quantitative estimate of drug-likeness (QED) is 0.590. The predicted molar refractivity (Wildman–Crippen MR) is 102 cm³/mol. The molecule has 2 aromatic carbocycles. The van der Waals surface area contributed by atoms with Crippen LogP contribution in [0.3, 0.4) is 0 Å². The minimum atomic E-state index is -0.291. The Labute approximate surface area is 153 Å². The summed E-state index contributed by atoms with van der Waals surface area (Å²) in [6.07, 6.45) is 5.91. The summed E-state index contributed by atoms with van der Waals surface area (Å²) in [6, 6.07) is 14.1. The number of rotatable bonds is 4. The summed E-state index contributed by atoms with van der Waals surface area (Å²) in [5.41, 5.74) is 3.72. The van der Waals surface area contributed by atoms with Gasteiger partial charge in [0.2, 0.25) is 0 Å². The smallest absolute Gasteiger partial charge is 0.269 e. The second kappa shape index (κ2) is 6.98. The van der Waals surface area contributed by atoms with E-state index in [9.17, 15) is 10.1 Å². The second-order valence-electron chi connectivity index (χ2n) is 7.36. The van der Waals surface area contributed by atoms with Crippen molar-refractivity contribution in [2.45, 2.75) is 44.7 Å². The molecular formula is C21H24N2O3. The van der Waals surface area contributed by atoms with Crippen LogP contribution in [0.2, 0.25) is 0 Å². The summed E-state index contributed by atoms with van der Waals surface area (Å²) in [7, 11) is 1.68. The highest BCUT2D eigenvalue weighted by Gasteiger charge is 2.36. The van der Waals surface area contributed by atoms with E-state index in [0.29, 0.717) is 12.0 Å². The van der Waals surface area contributed by atoms with Crippen molar-refractivity contribution >= 4 is 11.4 Å². The molecule has 26 heavy (non-hydrogen) atoms. The molecule has 1 saturated carbocycles. The lowest BCUT2D eigenvalue weighted by atomic mass is 9.76. The van der Waals surface area contributed by atoms with E-state index >= 15 is 0 Å². The highest BCUT2D eigenvalue weighted by molar-refractivity contribution is 5.61. The fourth-order valence-corrected chi connectivity index (χ4v) is 4.56. The third kappa shape index (κ3) is 3.14. The summed E-state index contributed by atoms with van der Waals surface area (Å²) < 4.78 is 5.26. The van der Waals surface area contributed by atoms with Crippen molar-refractivity contribution in [2.24, 2.45) is 5.92 Å². The average molecular weight is 352 g/mol. The molecule has 0 saturated heterocycles. The van der Waals surface area contributed by atoms with E-state index in [1.807, 2.05) is 18.2 Å². The highest BCUT2D eigenvalue weighted by Crippen LogP contribution is 2.42. The van der Waals surface area contributed by atoms with Gasteiger partial charge in [-0.1, -0.05) is 25.0 Å². The van der Waals surface area contributed by atoms with E-state index in [0.717, 1.165) is 30.0 Å². The maximum Gasteiger partial charge on any atom is 0.269 e. The molecule has 5 heteroatoms. The molecule has 1 fully saturated rings. The van der Waals surface area contributed by atoms with Crippen molar-refractivity contribution in [1.82, 2.24) is 0 Å². The molecule has 0 amide bonds. The van der Waals surface area contributed by atoms with Gasteiger partial charge in [0.25, 0.3) is 5.69 Å². The van der Waals surface area contributed by atoms with Gasteiger partial charge >= 0.3 is 0 Å². The molecule has 0 radical (unpaired) electrons. The zero-order chi connectivity index (χ0) is 18.1. The van der Waals surface area contributed by atoms with E-state index in [1.54, 1.807) is 19.2 Å². The second-order valence-corrected chi connectivity index (χ2v) is 7.36. The van der Waals surface area contributed by atoms with Gasteiger partial charge < -0.3 is 9.64 Å².